The van der Waals surface area contributed by atoms with E-state index in [4.69, 9.17) is 9.47 Å². The van der Waals surface area contributed by atoms with Crippen molar-refractivity contribution in [2.45, 2.75) is 50.7 Å². The summed E-state index contributed by atoms with van der Waals surface area (Å²) in [6.07, 6.45) is 0.265. The largest absolute Gasteiger partial charge is 0.459 e. The topological polar surface area (TPSA) is 55.8 Å². The molecule has 5 nitrogen and oxygen atoms in total. The van der Waals surface area contributed by atoms with Crippen molar-refractivity contribution in [1.29, 1.82) is 0 Å². The fourth-order valence-electron chi connectivity index (χ4n) is 4.99. The summed E-state index contributed by atoms with van der Waals surface area (Å²) < 4.78 is 12.4. The molecular formula is C26H29NO4. The van der Waals surface area contributed by atoms with Gasteiger partial charge in [0.15, 0.2) is 5.60 Å². The van der Waals surface area contributed by atoms with Gasteiger partial charge < -0.3 is 14.4 Å². The van der Waals surface area contributed by atoms with E-state index < -0.39 is 22.6 Å². The predicted molar refractivity (Wildman–Crippen MR) is 120 cm³/mol. The SMILES string of the molecule is C=C1CO[C@@]2(C(=O)N(C)c3ccccc32)[C@](C(=O)OC(C)(C)C)(c2ccccc2C)C1. The van der Waals surface area contributed by atoms with Crippen LogP contribution in [0.2, 0.25) is 0 Å². The maximum atomic E-state index is 14.1. The molecule has 2 aliphatic rings. The number of fused-ring (bicyclic) bond motifs is 2. The minimum Gasteiger partial charge on any atom is -0.459 e. The summed E-state index contributed by atoms with van der Waals surface area (Å²) in [5, 5.41) is 0. The number of nitrogens with zero attached hydrogens (tertiary/aromatic N) is 1. The van der Waals surface area contributed by atoms with Gasteiger partial charge in [-0.3, -0.25) is 9.59 Å². The third-order valence-electron chi connectivity index (χ3n) is 6.21. The Balaban J connectivity index is 2.11. The van der Waals surface area contributed by atoms with Crippen LogP contribution < -0.4 is 4.90 Å². The quantitative estimate of drug-likeness (QED) is 0.534. The van der Waals surface area contributed by atoms with Gasteiger partial charge in [-0.25, -0.2) is 0 Å². The molecule has 4 rings (SSSR count). The zero-order valence-electron chi connectivity index (χ0n) is 18.8. The zero-order valence-corrected chi connectivity index (χ0v) is 18.8. The van der Waals surface area contributed by atoms with Gasteiger partial charge in [-0.05, 0) is 51.3 Å². The molecule has 0 radical (unpaired) electrons. The zero-order chi connectivity index (χ0) is 22.6. The number of hydrogen-bond donors (Lipinski definition) is 0. The van der Waals surface area contributed by atoms with Crippen molar-refractivity contribution < 1.29 is 19.1 Å². The van der Waals surface area contributed by atoms with Gasteiger partial charge in [-0.2, -0.15) is 0 Å². The Morgan fingerprint density at radius 2 is 1.71 bits per heavy atom. The number of ether oxygens (including phenoxy) is 2. The molecule has 0 unspecified atom stereocenters. The first-order valence-electron chi connectivity index (χ1n) is 10.5. The smallest absolute Gasteiger partial charge is 0.321 e. The van der Waals surface area contributed by atoms with Gasteiger partial charge >= 0.3 is 5.97 Å². The van der Waals surface area contributed by atoms with E-state index in [9.17, 15) is 9.59 Å². The number of rotatable bonds is 2. The average Bonchev–Trinajstić information content (AvgIpc) is 2.92. The number of esters is 1. The molecule has 1 amide bonds. The first-order chi connectivity index (χ1) is 14.5. The van der Waals surface area contributed by atoms with Crippen molar-refractivity contribution in [3.8, 4) is 0 Å². The van der Waals surface area contributed by atoms with E-state index in [1.807, 2.05) is 76.2 Å². The Bertz CT molecular complexity index is 1080. The molecule has 2 aliphatic heterocycles. The Hall–Kier alpha value is -2.92. The third kappa shape index (κ3) is 2.94. The summed E-state index contributed by atoms with van der Waals surface area (Å²) in [6, 6.07) is 15.2. The molecule has 2 aromatic carbocycles. The summed E-state index contributed by atoms with van der Waals surface area (Å²) in [6.45, 7) is 11.8. The molecule has 162 valence electrons. The Morgan fingerprint density at radius 3 is 2.35 bits per heavy atom. The van der Waals surface area contributed by atoms with Crippen molar-refractivity contribution in [3.63, 3.8) is 0 Å². The number of para-hydroxylation sites is 1. The van der Waals surface area contributed by atoms with E-state index in [2.05, 4.69) is 6.58 Å². The number of carbonyl (C=O) groups is 2. The highest BCUT2D eigenvalue weighted by atomic mass is 16.6. The van der Waals surface area contributed by atoms with Crippen molar-refractivity contribution >= 4 is 17.6 Å². The number of likely N-dealkylation sites (N-methyl/N-ethyl adjacent to an activating group) is 1. The summed E-state index contributed by atoms with van der Waals surface area (Å²) >= 11 is 0. The number of hydrogen-bond acceptors (Lipinski definition) is 4. The van der Waals surface area contributed by atoms with E-state index in [0.29, 0.717) is 5.56 Å². The maximum absolute atomic E-state index is 14.1. The number of benzene rings is 2. The Labute approximate surface area is 183 Å². The fraction of sp³-hybridized carbons (Fsp3) is 0.385. The molecule has 1 spiro atoms. The second-order valence-corrected chi connectivity index (χ2v) is 9.50. The van der Waals surface area contributed by atoms with Crippen LogP contribution in [0.15, 0.2) is 60.7 Å². The highest BCUT2D eigenvalue weighted by molar-refractivity contribution is 6.12. The van der Waals surface area contributed by atoms with Crippen LogP contribution in [-0.2, 0) is 30.1 Å². The molecule has 1 fully saturated rings. The maximum Gasteiger partial charge on any atom is 0.321 e. The number of carbonyl (C=O) groups excluding carboxylic acids is 2. The van der Waals surface area contributed by atoms with Gasteiger partial charge in [0.1, 0.15) is 11.0 Å². The third-order valence-corrected chi connectivity index (χ3v) is 6.21. The monoisotopic (exact) mass is 419 g/mol. The molecule has 1 saturated heterocycles. The van der Waals surface area contributed by atoms with Crippen molar-refractivity contribution in [3.05, 3.63) is 77.4 Å². The van der Waals surface area contributed by atoms with E-state index in [0.717, 1.165) is 22.4 Å². The van der Waals surface area contributed by atoms with Crippen molar-refractivity contribution in [2.24, 2.45) is 0 Å². The summed E-state index contributed by atoms with van der Waals surface area (Å²) in [5.74, 6) is -0.746. The first kappa shape index (κ1) is 21.3. The molecule has 0 aliphatic carbocycles. The molecular weight excluding hydrogens is 390 g/mol. The lowest BCUT2D eigenvalue weighted by atomic mass is 9.59. The summed E-state index contributed by atoms with van der Waals surface area (Å²) in [5.41, 5.74) is 0.117. The predicted octanol–water partition coefficient (Wildman–Crippen LogP) is 4.42. The molecule has 2 atom stereocenters. The molecule has 31 heavy (non-hydrogen) atoms. The lowest BCUT2D eigenvalue weighted by Crippen LogP contribution is -2.64. The van der Waals surface area contributed by atoms with Crippen LogP contribution in [0.4, 0.5) is 5.69 Å². The summed E-state index contributed by atoms with van der Waals surface area (Å²) in [7, 11) is 1.72. The molecule has 0 aromatic heterocycles. The molecule has 0 saturated carbocycles. The fourth-order valence-corrected chi connectivity index (χ4v) is 4.99. The summed E-state index contributed by atoms with van der Waals surface area (Å²) in [4.78, 5) is 29.7. The van der Waals surface area contributed by atoms with Gasteiger partial charge in [0, 0.05) is 12.6 Å². The van der Waals surface area contributed by atoms with E-state index in [-0.39, 0.29) is 18.9 Å². The highest BCUT2D eigenvalue weighted by Gasteiger charge is 2.71. The molecule has 0 bridgehead atoms. The van der Waals surface area contributed by atoms with Crippen LogP contribution >= 0.6 is 0 Å². The Kier molecular flexibility index (Phi) is 4.85. The van der Waals surface area contributed by atoms with Crippen molar-refractivity contribution in [1.82, 2.24) is 0 Å². The standard InChI is InChI=1S/C26H29NO4/c1-17-15-25(23(29)31-24(3,4)5,19-12-8-7-11-18(19)2)26(30-16-17)20-13-9-10-14-21(20)27(6)22(26)28/h7-14H,1,15-16H2,2-6H3/t25-,26-/m0/s1. The lowest BCUT2D eigenvalue weighted by Gasteiger charge is -2.50. The van der Waals surface area contributed by atoms with Crippen LogP contribution in [0.25, 0.3) is 0 Å². The van der Waals surface area contributed by atoms with E-state index in [1.54, 1.807) is 11.9 Å². The number of amides is 1. The Morgan fingerprint density at radius 1 is 1.10 bits per heavy atom. The minimum absolute atomic E-state index is 0.199. The van der Waals surface area contributed by atoms with Gasteiger partial charge in [-0.15, -0.1) is 0 Å². The molecule has 2 heterocycles. The second kappa shape index (κ2) is 7.06. The average molecular weight is 420 g/mol. The lowest BCUT2D eigenvalue weighted by molar-refractivity contribution is -0.191. The van der Waals surface area contributed by atoms with Crippen LogP contribution in [0, 0.1) is 6.92 Å². The van der Waals surface area contributed by atoms with E-state index >= 15 is 0 Å². The van der Waals surface area contributed by atoms with Gasteiger partial charge in [0.25, 0.3) is 5.91 Å². The van der Waals surface area contributed by atoms with Gasteiger partial charge in [-0.1, -0.05) is 54.6 Å². The van der Waals surface area contributed by atoms with Gasteiger partial charge in [0.05, 0.1) is 12.3 Å². The normalized spacial score (nSPS) is 25.6. The number of aryl methyl sites for hydroxylation is 1. The van der Waals surface area contributed by atoms with Crippen LogP contribution in [0.3, 0.4) is 0 Å². The molecule has 5 heteroatoms. The molecule has 2 aromatic rings. The van der Waals surface area contributed by atoms with E-state index in [1.165, 1.54) is 0 Å². The first-order valence-corrected chi connectivity index (χ1v) is 10.5. The van der Waals surface area contributed by atoms with Crippen LogP contribution in [0.1, 0.15) is 43.9 Å². The second-order valence-electron chi connectivity index (χ2n) is 9.50. The minimum atomic E-state index is -1.53. The highest BCUT2D eigenvalue weighted by Crippen LogP contribution is 2.59. The molecule has 0 N–H and O–H groups in total. The van der Waals surface area contributed by atoms with Crippen LogP contribution in [-0.4, -0.2) is 31.1 Å². The van der Waals surface area contributed by atoms with Crippen molar-refractivity contribution in [2.75, 3.05) is 18.6 Å². The van der Waals surface area contributed by atoms with Gasteiger partial charge in [0.2, 0.25) is 0 Å². The van der Waals surface area contributed by atoms with Crippen LogP contribution in [0.5, 0.6) is 0 Å². The number of anilines is 1.